The van der Waals surface area contributed by atoms with E-state index in [0.717, 1.165) is 44.2 Å². The Balaban J connectivity index is 1.43. The highest BCUT2D eigenvalue weighted by molar-refractivity contribution is 7.15. The highest BCUT2D eigenvalue weighted by atomic mass is 32.1. The number of piperazine rings is 1. The lowest BCUT2D eigenvalue weighted by Gasteiger charge is -2.36. The molecule has 1 aromatic heterocycles. The predicted molar refractivity (Wildman–Crippen MR) is 94.3 cm³/mol. The first-order chi connectivity index (χ1) is 11.1. The largest absolute Gasteiger partial charge is 0.336 e. The molecule has 2 N–H and O–H groups in total. The highest BCUT2D eigenvalue weighted by Crippen LogP contribution is 2.29. The van der Waals surface area contributed by atoms with Crippen molar-refractivity contribution in [1.29, 1.82) is 0 Å². The standard InChI is InChI=1S/C16H27N5OS/c1-12(21-9-7-20(2)8-10-21)11-17-15(22)19-16-18-13-5-3-4-6-14(13)23-16/h12H,3-11H2,1-2H3,(H2,17,18,19,22). The summed E-state index contributed by atoms with van der Waals surface area (Å²) in [5, 5.41) is 6.61. The summed E-state index contributed by atoms with van der Waals surface area (Å²) < 4.78 is 0. The number of fused-ring (bicyclic) bond motifs is 1. The second kappa shape index (κ2) is 7.59. The van der Waals surface area contributed by atoms with Crippen LogP contribution in [0.3, 0.4) is 0 Å². The van der Waals surface area contributed by atoms with E-state index >= 15 is 0 Å². The van der Waals surface area contributed by atoms with Crippen LogP contribution in [0.15, 0.2) is 0 Å². The zero-order chi connectivity index (χ0) is 16.2. The first-order valence-electron chi connectivity index (χ1n) is 8.58. The molecule has 7 heteroatoms. The number of urea groups is 1. The van der Waals surface area contributed by atoms with Crippen molar-refractivity contribution in [1.82, 2.24) is 20.1 Å². The van der Waals surface area contributed by atoms with Crippen molar-refractivity contribution in [2.75, 3.05) is 45.1 Å². The van der Waals surface area contributed by atoms with Gasteiger partial charge in [-0.25, -0.2) is 9.78 Å². The Morgan fingerprint density at radius 3 is 2.74 bits per heavy atom. The Morgan fingerprint density at radius 1 is 1.26 bits per heavy atom. The van der Waals surface area contributed by atoms with E-state index in [0.29, 0.717) is 12.6 Å². The molecule has 2 amide bonds. The maximum atomic E-state index is 12.1. The van der Waals surface area contributed by atoms with E-state index in [2.05, 4.69) is 39.4 Å². The molecule has 23 heavy (non-hydrogen) atoms. The normalized spacial score (nSPS) is 20.8. The Bertz CT molecular complexity index is 515. The molecule has 1 unspecified atom stereocenters. The molecule has 0 aromatic carbocycles. The third-order valence-electron chi connectivity index (χ3n) is 4.79. The predicted octanol–water partition coefficient (Wildman–Crippen LogP) is 1.78. The molecular weight excluding hydrogens is 310 g/mol. The van der Waals surface area contributed by atoms with Gasteiger partial charge >= 0.3 is 6.03 Å². The average molecular weight is 337 g/mol. The van der Waals surface area contributed by atoms with Gasteiger partial charge in [0.1, 0.15) is 0 Å². The summed E-state index contributed by atoms with van der Waals surface area (Å²) in [6.45, 7) is 7.18. The van der Waals surface area contributed by atoms with Crippen LogP contribution in [0.25, 0.3) is 0 Å². The first kappa shape index (κ1) is 16.7. The fraction of sp³-hybridized carbons (Fsp3) is 0.750. The number of aromatic nitrogens is 1. The second-order valence-corrected chi connectivity index (χ2v) is 7.70. The SMILES string of the molecule is CC(CNC(=O)Nc1nc2c(s1)CCCC2)N1CCN(C)CC1. The molecule has 1 atom stereocenters. The first-order valence-corrected chi connectivity index (χ1v) is 9.39. The summed E-state index contributed by atoms with van der Waals surface area (Å²) in [6, 6.07) is 0.219. The van der Waals surface area contributed by atoms with Crippen LogP contribution in [0.2, 0.25) is 0 Å². The van der Waals surface area contributed by atoms with Crippen molar-refractivity contribution in [3.8, 4) is 0 Å². The summed E-state index contributed by atoms with van der Waals surface area (Å²) in [5.74, 6) is 0. The van der Waals surface area contributed by atoms with Crippen LogP contribution < -0.4 is 10.6 Å². The van der Waals surface area contributed by atoms with E-state index in [1.165, 1.54) is 23.4 Å². The lowest BCUT2D eigenvalue weighted by atomic mass is 10.0. The van der Waals surface area contributed by atoms with Gasteiger partial charge in [0, 0.05) is 43.6 Å². The van der Waals surface area contributed by atoms with E-state index in [9.17, 15) is 4.79 Å². The molecule has 6 nitrogen and oxygen atoms in total. The van der Waals surface area contributed by atoms with Crippen LogP contribution in [-0.4, -0.2) is 66.6 Å². The van der Waals surface area contributed by atoms with Gasteiger partial charge in [-0.1, -0.05) is 0 Å². The number of nitrogens with one attached hydrogen (secondary N) is 2. The van der Waals surface area contributed by atoms with Gasteiger partial charge in [0.05, 0.1) is 5.69 Å². The van der Waals surface area contributed by atoms with Crippen LogP contribution in [0.1, 0.15) is 30.3 Å². The number of rotatable bonds is 4. The van der Waals surface area contributed by atoms with Gasteiger partial charge in [-0.2, -0.15) is 0 Å². The number of thiazole rings is 1. The van der Waals surface area contributed by atoms with Crippen LogP contribution >= 0.6 is 11.3 Å². The van der Waals surface area contributed by atoms with Gasteiger partial charge in [0.2, 0.25) is 0 Å². The number of carbonyl (C=O) groups is 1. The fourth-order valence-electron chi connectivity index (χ4n) is 3.18. The van der Waals surface area contributed by atoms with Gasteiger partial charge in [0.25, 0.3) is 0 Å². The van der Waals surface area contributed by atoms with E-state index < -0.39 is 0 Å². The minimum absolute atomic E-state index is 0.142. The van der Waals surface area contributed by atoms with E-state index in [-0.39, 0.29) is 6.03 Å². The number of amides is 2. The molecule has 1 aromatic rings. The molecule has 2 heterocycles. The zero-order valence-electron chi connectivity index (χ0n) is 14.1. The second-order valence-electron chi connectivity index (χ2n) is 6.62. The summed E-state index contributed by atoms with van der Waals surface area (Å²) in [7, 11) is 2.15. The fourth-order valence-corrected chi connectivity index (χ4v) is 4.22. The van der Waals surface area contributed by atoms with E-state index in [1.807, 2.05) is 0 Å². The number of anilines is 1. The van der Waals surface area contributed by atoms with Crippen molar-refractivity contribution in [2.45, 2.75) is 38.6 Å². The van der Waals surface area contributed by atoms with Crippen molar-refractivity contribution in [2.24, 2.45) is 0 Å². The lowest BCUT2D eigenvalue weighted by Crippen LogP contribution is -2.51. The van der Waals surface area contributed by atoms with Crippen LogP contribution in [0.4, 0.5) is 9.93 Å². The summed E-state index contributed by atoms with van der Waals surface area (Å²) in [5.41, 5.74) is 1.18. The minimum atomic E-state index is -0.142. The van der Waals surface area contributed by atoms with Crippen molar-refractivity contribution >= 4 is 22.5 Å². The molecule has 1 saturated heterocycles. The summed E-state index contributed by atoms with van der Waals surface area (Å²) in [4.78, 5) is 22.7. The third-order valence-corrected chi connectivity index (χ3v) is 5.86. The molecule has 0 saturated carbocycles. The maximum Gasteiger partial charge on any atom is 0.321 e. The Morgan fingerprint density at radius 2 is 2.00 bits per heavy atom. The maximum absolute atomic E-state index is 12.1. The molecule has 1 aliphatic heterocycles. The Labute approximate surface area is 142 Å². The number of carbonyl (C=O) groups excluding carboxylic acids is 1. The van der Waals surface area contributed by atoms with Gasteiger partial charge < -0.3 is 10.2 Å². The van der Waals surface area contributed by atoms with Crippen LogP contribution in [0.5, 0.6) is 0 Å². The Kier molecular flexibility index (Phi) is 5.50. The number of hydrogen-bond donors (Lipinski definition) is 2. The monoisotopic (exact) mass is 337 g/mol. The van der Waals surface area contributed by atoms with Crippen molar-refractivity contribution in [3.63, 3.8) is 0 Å². The smallest absolute Gasteiger partial charge is 0.321 e. The quantitative estimate of drug-likeness (QED) is 0.879. The van der Waals surface area contributed by atoms with Crippen molar-refractivity contribution in [3.05, 3.63) is 10.6 Å². The lowest BCUT2D eigenvalue weighted by molar-refractivity contribution is 0.119. The molecule has 128 valence electrons. The van der Waals surface area contributed by atoms with E-state index in [4.69, 9.17) is 0 Å². The minimum Gasteiger partial charge on any atom is -0.336 e. The molecule has 0 spiro atoms. The zero-order valence-corrected chi connectivity index (χ0v) is 14.9. The van der Waals surface area contributed by atoms with Gasteiger partial charge in [0.15, 0.2) is 5.13 Å². The average Bonchev–Trinajstić information content (AvgIpc) is 2.95. The highest BCUT2D eigenvalue weighted by Gasteiger charge is 2.20. The molecule has 2 aliphatic rings. The Hall–Kier alpha value is -1.18. The summed E-state index contributed by atoms with van der Waals surface area (Å²) >= 11 is 1.63. The van der Waals surface area contributed by atoms with Gasteiger partial charge in [-0.15, -0.1) is 11.3 Å². The van der Waals surface area contributed by atoms with Gasteiger partial charge in [-0.05, 0) is 39.7 Å². The molecular formula is C16H27N5OS. The number of likely N-dealkylation sites (N-methyl/N-ethyl adjacent to an activating group) is 1. The number of hydrogen-bond acceptors (Lipinski definition) is 5. The molecule has 1 fully saturated rings. The molecule has 0 radical (unpaired) electrons. The summed E-state index contributed by atoms with van der Waals surface area (Å²) in [6.07, 6.45) is 4.61. The van der Waals surface area contributed by atoms with Crippen LogP contribution in [-0.2, 0) is 12.8 Å². The molecule has 3 rings (SSSR count). The van der Waals surface area contributed by atoms with Crippen molar-refractivity contribution < 1.29 is 4.79 Å². The number of nitrogens with zero attached hydrogens (tertiary/aromatic N) is 3. The third kappa shape index (κ3) is 4.43. The molecule has 0 bridgehead atoms. The molecule has 1 aliphatic carbocycles. The topological polar surface area (TPSA) is 60.5 Å². The number of aryl methyl sites for hydroxylation is 2. The van der Waals surface area contributed by atoms with Crippen LogP contribution in [0, 0.1) is 0 Å². The van der Waals surface area contributed by atoms with E-state index in [1.54, 1.807) is 11.3 Å². The van der Waals surface area contributed by atoms with Gasteiger partial charge in [-0.3, -0.25) is 10.2 Å².